The Bertz CT molecular complexity index is 1250. The molecule has 1 amide bonds. The second-order valence-corrected chi connectivity index (χ2v) is 7.33. The lowest BCUT2D eigenvalue weighted by Crippen LogP contribution is -2.11. The molecule has 2 aromatic carbocycles. The maximum absolute atomic E-state index is 12.5. The molecule has 2 aromatic heterocycles. The topological polar surface area (TPSA) is 113 Å². The molecule has 10 nitrogen and oxygen atoms in total. The fourth-order valence-corrected chi connectivity index (χ4v) is 3.59. The number of amides is 1. The van der Waals surface area contributed by atoms with E-state index in [1.54, 1.807) is 62.4 Å². The lowest BCUT2D eigenvalue weighted by Gasteiger charge is -2.10. The third-order valence-electron chi connectivity index (χ3n) is 4.72. The van der Waals surface area contributed by atoms with Crippen molar-refractivity contribution in [1.82, 2.24) is 24.4 Å². The Hall–Kier alpha value is -3.99. The highest BCUT2D eigenvalue weighted by molar-refractivity contribution is 7.10. The molecular formula is C21H20N6O4S. The zero-order chi connectivity index (χ0) is 22.7. The minimum absolute atomic E-state index is 0.291. The summed E-state index contributed by atoms with van der Waals surface area (Å²) in [4.78, 5) is 16.9. The molecule has 32 heavy (non-hydrogen) atoms. The van der Waals surface area contributed by atoms with Gasteiger partial charge in [0.05, 0.1) is 32.7 Å². The molecule has 0 saturated heterocycles. The minimum atomic E-state index is -0.291. The Kier molecular flexibility index (Phi) is 5.99. The van der Waals surface area contributed by atoms with Gasteiger partial charge >= 0.3 is 0 Å². The Balaban J connectivity index is 1.55. The van der Waals surface area contributed by atoms with Crippen LogP contribution < -0.4 is 19.5 Å². The van der Waals surface area contributed by atoms with E-state index in [1.807, 2.05) is 13.0 Å². The Labute approximate surface area is 187 Å². The van der Waals surface area contributed by atoms with Crippen molar-refractivity contribution in [2.24, 2.45) is 0 Å². The second kappa shape index (κ2) is 9.02. The molecule has 0 fully saturated rings. The van der Waals surface area contributed by atoms with E-state index in [-0.39, 0.29) is 5.91 Å². The summed E-state index contributed by atoms with van der Waals surface area (Å²) >= 11 is 1.07. The van der Waals surface area contributed by atoms with Crippen LogP contribution in [-0.2, 0) is 0 Å². The monoisotopic (exact) mass is 452 g/mol. The van der Waals surface area contributed by atoms with Gasteiger partial charge in [0.1, 0.15) is 5.75 Å². The summed E-state index contributed by atoms with van der Waals surface area (Å²) < 4.78 is 21.7. The molecule has 2 heterocycles. The van der Waals surface area contributed by atoms with Crippen molar-refractivity contribution in [3.05, 3.63) is 53.7 Å². The molecule has 0 unspecified atom stereocenters. The average molecular weight is 452 g/mol. The number of carbonyl (C=O) groups is 1. The predicted octanol–water partition coefficient (Wildman–Crippen LogP) is 3.37. The number of aromatic nitrogens is 5. The third kappa shape index (κ3) is 4.10. The summed E-state index contributed by atoms with van der Waals surface area (Å²) in [5.41, 5.74) is 2.49. The van der Waals surface area contributed by atoms with E-state index in [0.717, 1.165) is 22.9 Å². The first-order chi connectivity index (χ1) is 15.5. The fraction of sp³-hybridized carbons (Fsp3) is 0.190. The molecular weight excluding hydrogens is 432 g/mol. The van der Waals surface area contributed by atoms with Gasteiger partial charge in [-0.1, -0.05) is 5.21 Å². The maximum atomic E-state index is 12.5. The first-order valence-electron chi connectivity index (χ1n) is 9.48. The summed E-state index contributed by atoms with van der Waals surface area (Å²) in [7, 11) is 4.72. The summed E-state index contributed by atoms with van der Waals surface area (Å²) in [6.07, 6.45) is 0. The highest BCUT2D eigenvalue weighted by Crippen LogP contribution is 2.30. The smallest absolute Gasteiger partial charge is 0.257 e. The molecule has 0 atom stereocenters. The van der Waals surface area contributed by atoms with Crippen molar-refractivity contribution >= 4 is 22.6 Å². The molecule has 0 radical (unpaired) electrons. The van der Waals surface area contributed by atoms with Crippen LogP contribution in [0.3, 0.4) is 0 Å². The van der Waals surface area contributed by atoms with Crippen LogP contribution in [0.4, 0.5) is 5.13 Å². The second-order valence-electron chi connectivity index (χ2n) is 6.58. The third-order valence-corrected chi connectivity index (χ3v) is 5.35. The van der Waals surface area contributed by atoms with Gasteiger partial charge in [0.25, 0.3) is 5.91 Å². The molecule has 0 aliphatic rings. The van der Waals surface area contributed by atoms with Crippen molar-refractivity contribution in [3.63, 3.8) is 0 Å². The Morgan fingerprint density at radius 3 is 2.44 bits per heavy atom. The number of anilines is 1. The predicted molar refractivity (Wildman–Crippen MR) is 119 cm³/mol. The fourth-order valence-electron chi connectivity index (χ4n) is 3.02. The van der Waals surface area contributed by atoms with E-state index in [4.69, 9.17) is 14.2 Å². The van der Waals surface area contributed by atoms with Crippen LogP contribution in [0.2, 0.25) is 0 Å². The lowest BCUT2D eigenvalue weighted by atomic mass is 10.2. The van der Waals surface area contributed by atoms with Crippen molar-refractivity contribution < 1.29 is 19.0 Å². The molecule has 0 saturated carbocycles. The number of benzene rings is 2. The lowest BCUT2D eigenvalue weighted by molar-refractivity contribution is 0.102. The molecule has 4 rings (SSSR count). The molecule has 0 aliphatic heterocycles. The van der Waals surface area contributed by atoms with Crippen LogP contribution in [-0.4, -0.2) is 51.6 Å². The number of nitrogens with one attached hydrogen (secondary N) is 1. The van der Waals surface area contributed by atoms with Crippen molar-refractivity contribution in [2.75, 3.05) is 26.6 Å². The van der Waals surface area contributed by atoms with Gasteiger partial charge in [0, 0.05) is 23.2 Å². The number of methoxy groups -OCH3 is 3. The first-order valence-corrected chi connectivity index (χ1v) is 10.3. The molecule has 1 N–H and O–H groups in total. The first kappa shape index (κ1) is 21.2. The van der Waals surface area contributed by atoms with Gasteiger partial charge in [-0.15, -0.1) is 5.10 Å². The molecule has 0 bridgehead atoms. The SMILES string of the molecule is COc1ccc(C(=O)Nc2nc(-c3nnn(-c4ccc(OC)c(OC)c4)c3C)ns2)cc1. The molecule has 0 spiro atoms. The standard InChI is InChI=1S/C21H20N6O4S/c1-12-18(24-26-27(12)14-7-10-16(30-3)17(11-14)31-4)19-22-21(32-25-19)23-20(28)13-5-8-15(29-2)9-6-13/h5-11H,1-4H3,(H,22,23,25,28). The molecule has 0 aliphatic carbocycles. The number of nitrogens with zero attached hydrogens (tertiary/aromatic N) is 5. The van der Waals surface area contributed by atoms with Crippen LogP contribution in [0, 0.1) is 6.92 Å². The normalized spacial score (nSPS) is 10.6. The van der Waals surface area contributed by atoms with E-state index < -0.39 is 0 Å². The van der Waals surface area contributed by atoms with Crippen LogP contribution in [0.5, 0.6) is 17.2 Å². The number of rotatable bonds is 7. The Morgan fingerprint density at radius 2 is 1.75 bits per heavy atom. The summed E-state index contributed by atoms with van der Waals surface area (Å²) in [6.45, 7) is 1.86. The van der Waals surface area contributed by atoms with Crippen molar-refractivity contribution in [1.29, 1.82) is 0 Å². The zero-order valence-corrected chi connectivity index (χ0v) is 18.6. The summed E-state index contributed by atoms with van der Waals surface area (Å²) in [5, 5.41) is 11.6. The zero-order valence-electron chi connectivity index (χ0n) is 17.8. The quantitative estimate of drug-likeness (QED) is 0.454. The van der Waals surface area contributed by atoms with Gasteiger partial charge in [-0.05, 0) is 43.3 Å². The summed E-state index contributed by atoms with van der Waals surface area (Å²) in [5.74, 6) is 1.96. The van der Waals surface area contributed by atoms with Crippen LogP contribution in [0.1, 0.15) is 16.1 Å². The average Bonchev–Trinajstić information content (AvgIpc) is 3.44. The van der Waals surface area contributed by atoms with E-state index in [2.05, 4.69) is 25.0 Å². The molecule has 164 valence electrons. The van der Waals surface area contributed by atoms with Gasteiger partial charge < -0.3 is 14.2 Å². The van der Waals surface area contributed by atoms with E-state index in [1.165, 1.54) is 0 Å². The molecule has 11 heteroatoms. The van der Waals surface area contributed by atoms with Crippen LogP contribution in [0.25, 0.3) is 17.2 Å². The maximum Gasteiger partial charge on any atom is 0.257 e. The van der Waals surface area contributed by atoms with Gasteiger partial charge in [-0.2, -0.15) is 9.36 Å². The van der Waals surface area contributed by atoms with Crippen molar-refractivity contribution in [2.45, 2.75) is 6.92 Å². The summed E-state index contributed by atoms with van der Waals surface area (Å²) in [6, 6.07) is 12.2. The van der Waals surface area contributed by atoms with Crippen LogP contribution >= 0.6 is 11.5 Å². The minimum Gasteiger partial charge on any atom is -0.497 e. The van der Waals surface area contributed by atoms with Crippen molar-refractivity contribution in [3.8, 4) is 34.5 Å². The Morgan fingerprint density at radius 1 is 1.00 bits per heavy atom. The van der Waals surface area contributed by atoms with E-state index in [0.29, 0.717) is 39.5 Å². The van der Waals surface area contributed by atoms with Gasteiger partial charge in [-0.3, -0.25) is 10.1 Å². The van der Waals surface area contributed by atoms with Gasteiger partial charge in [0.2, 0.25) is 5.13 Å². The van der Waals surface area contributed by atoms with E-state index >= 15 is 0 Å². The number of ether oxygens (including phenoxy) is 3. The number of hydrogen-bond acceptors (Lipinski definition) is 9. The van der Waals surface area contributed by atoms with Crippen LogP contribution in [0.15, 0.2) is 42.5 Å². The number of hydrogen-bond donors (Lipinski definition) is 1. The molecule has 4 aromatic rings. The van der Waals surface area contributed by atoms with E-state index in [9.17, 15) is 4.79 Å². The van der Waals surface area contributed by atoms with Gasteiger partial charge in [-0.25, -0.2) is 4.68 Å². The number of carbonyl (C=O) groups excluding carboxylic acids is 1. The highest BCUT2D eigenvalue weighted by Gasteiger charge is 2.19. The largest absolute Gasteiger partial charge is 0.497 e. The highest BCUT2D eigenvalue weighted by atomic mass is 32.1. The van der Waals surface area contributed by atoms with Gasteiger partial charge in [0.15, 0.2) is 23.0 Å².